The van der Waals surface area contributed by atoms with E-state index in [1.165, 1.54) is 0 Å². The highest BCUT2D eigenvalue weighted by Crippen LogP contribution is 2.21. The van der Waals surface area contributed by atoms with Crippen molar-refractivity contribution < 1.29 is 9.59 Å². The maximum atomic E-state index is 11.5. The summed E-state index contributed by atoms with van der Waals surface area (Å²) in [6, 6.07) is -0.183. The molecule has 0 radical (unpaired) electrons. The molecule has 3 heteroatoms. The van der Waals surface area contributed by atoms with Crippen molar-refractivity contribution in [2.75, 3.05) is 6.54 Å². The summed E-state index contributed by atoms with van der Waals surface area (Å²) in [5, 5.41) is 0. The number of amides is 1. The van der Waals surface area contributed by atoms with Gasteiger partial charge in [0, 0.05) is 13.0 Å². The van der Waals surface area contributed by atoms with Crippen LogP contribution in [-0.4, -0.2) is 29.2 Å². The van der Waals surface area contributed by atoms with Crippen LogP contribution >= 0.6 is 0 Å². The molecule has 2 unspecified atom stereocenters. The van der Waals surface area contributed by atoms with E-state index < -0.39 is 0 Å². The monoisotopic (exact) mass is 183 g/mol. The topological polar surface area (TPSA) is 37.4 Å². The number of carbonyl (C=O) groups is 2. The molecular weight excluding hydrogens is 166 g/mol. The van der Waals surface area contributed by atoms with Crippen LogP contribution in [0.4, 0.5) is 0 Å². The zero-order valence-corrected chi connectivity index (χ0v) is 8.54. The molecule has 1 aliphatic rings. The van der Waals surface area contributed by atoms with Gasteiger partial charge in [-0.1, -0.05) is 13.8 Å². The van der Waals surface area contributed by atoms with Crippen molar-refractivity contribution in [1.82, 2.24) is 4.90 Å². The standard InChI is InChI=1S/C10H17NO2/c1-4-9(8(3)12)11-6-7(2)5-10(11)13/h7,9H,4-6H2,1-3H3. The molecule has 0 N–H and O–H groups in total. The second kappa shape index (κ2) is 3.90. The fourth-order valence-electron chi connectivity index (χ4n) is 1.95. The zero-order chi connectivity index (χ0) is 10.0. The third-order valence-corrected chi connectivity index (χ3v) is 2.58. The predicted octanol–water partition coefficient (Wildman–Crippen LogP) is 1.22. The lowest BCUT2D eigenvalue weighted by Gasteiger charge is -2.24. The Morgan fingerprint density at radius 1 is 1.69 bits per heavy atom. The summed E-state index contributed by atoms with van der Waals surface area (Å²) in [7, 11) is 0. The average molecular weight is 183 g/mol. The summed E-state index contributed by atoms with van der Waals surface area (Å²) >= 11 is 0. The van der Waals surface area contributed by atoms with Gasteiger partial charge in [-0.3, -0.25) is 9.59 Å². The maximum absolute atomic E-state index is 11.5. The number of Topliss-reactive ketones (excluding diaryl/α,β-unsaturated/α-hetero) is 1. The molecule has 0 saturated carbocycles. The van der Waals surface area contributed by atoms with E-state index in [0.29, 0.717) is 12.3 Å². The SMILES string of the molecule is CCC(C(C)=O)N1CC(C)CC1=O. The Labute approximate surface area is 79.1 Å². The van der Waals surface area contributed by atoms with Crippen LogP contribution in [0.15, 0.2) is 0 Å². The van der Waals surface area contributed by atoms with E-state index in [4.69, 9.17) is 0 Å². The summed E-state index contributed by atoms with van der Waals surface area (Å²) in [4.78, 5) is 24.4. The van der Waals surface area contributed by atoms with Gasteiger partial charge in [0.05, 0.1) is 6.04 Å². The molecule has 0 aromatic rings. The first-order valence-corrected chi connectivity index (χ1v) is 4.86. The van der Waals surface area contributed by atoms with Crippen molar-refractivity contribution in [3.05, 3.63) is 0 Å². The minimum atomic E-state index is -0.183. The average Bonchev–Trinajstić information content (AvgIpc) is 2.31. The second-order valence-electron chi connectivity index (χ2n) is 3.89. The number of hydrogen-bond donors (Lipinski definition) is 0. The van der Waals surface area contributed by atoms with Gasteiger partial charge in [-0.2, -0.15) is 0 Å². The molecule has 1 rings (SSSR count). The molecule has 0 aromatic heterocycles. The highest BCUT2D eigenvalue weighted by Gasteiger charge is 2.33. The maximum Gasteiger partial charge on any atom is 0.223 e. The highest BCUT2D eigenvalue weighted by molar-refractivity contribution is 5.88. The van der Waals surface area contributed by atoms with Gasteiger partial charge in [-0.25, -0.2) is 0 Å². The van der Waals surface area contributed by atoms with Gasteiger partial charge in [0.2, 0.25) is 5.91 Å². The fraction of sp³-hybridized carbons (Fsp3) is 0.800. The van der Waals surface area contributed by atoms with Crippen molar-refractivity contribution in [3.8, 4) is 0 Å². The van der Waals surface area contributed by atoms with Crippen LogP contribution < -0.4 is 0 Å². The molecule has 74 valence electrons. The molecule has 1 heterocycles. The van der Waals surface area contributed by atoms with Crippen molar-refractivity contribution in [2.24, 2.45) is 5.92 Å². The quantitative estimate of drug-likeness (QED) is 0.659. The van der Waals surface area contributed by atoms with Crippen molar-refractivity contribution in [3.63, 3.8) is 0 Å². The molecule has 0 bridgehead atoms. The molecule has 1 saturated heterocycles. The number of nitrogens with zero attached hydrogens (tertiary/aromatic N) is 1. The molecule has 1 fully saturated rings. The molecule has 1 aliphatic heterocycles. The molecule has 1 amide bonds. The van der Waals surface area contributed by atoms with Crippen LogP contribution in [-0.2, 0) is 9.59 Å². The van der Waals surface area contributed by atoms with Crippen molar-refractivity contribution >= 4 is 11.7 Å². The van der Waals surface area contributed by atoms with Gasteiger partial charge in [-0.05, 0) is 19.3 Å². The summed E-state index contributed by atoms with van der Waals surface area (Å²) in [6.07, 6.45) is 1.33. The fourth-order valence-corrected chi connectivity index (χ4v) is 1.95. The van der Waals surface area contributed by atoms with Crippen molar-refractivity contribution in [1.29, 1.82) is 0 Å². The third-order valence-electron chi connectivity index (χ3n) is 2.58. The van der Waals surface area contributed by atoms with Crippen molar-refractivity contribution in [2.45, 2.75) is 39.7 Å². The molecule has 0 aromatic carbocycles. The van der Waals surface area contributed by atoms with Crippen LogP contribution in [0.5, 0.6) is 0 Å². The number of likely N-dealkylation sites (tertiary alicyclic amines) is 1. The van der Waals surface area contributed by atoms with E-state index in [1.54, 1.807) is 11.8 Å². The largest absolute Gasteiger partial charge is 0.332 e. The Hall–Kier alpha value is -0.860. The molecule has 3 nitrogen and oxygen atoms in total. The van der Waals surface area contributed by atoms with Gasteiger partial charge in [0.25, 0.3) is 0 Å². The second-order valence-corrected chi connectivity index (χ2v) is 3.89. The number of rotatable bonds is 3. The number of hydrogen-bond acceptors (Lipinski definition) is 2. The third kappa shape index (κ3) is 2.08. The lowest BCUT2D eigenvalue weighted by molar-refractivity contribution is -0.135. The number of carbonyl (C=O) groups excluding carboxylic acids is 2. The van der Waals surface area contributed by atoms with E-state index >= 15 is 0 Å². The Morgan fingerprint density at radius 3 is 2.62 bits per heavy atom. The summed E-state index contributed by atoms with van der Waals surface area (Å²) in [6.45, 7) is 6.30. The van der Waals surface area contributed by atoms with E-state index in [0.717, 1.165) is 13.0 Å². The van der Waals surface area contributed by atoms with Gasteiger partial charge in [0.15, 0.2) is 5.78 Å². The lowest BCUT2D eigenvalue weighted by atomic mass is 10.1. The first kappa shape index (κ1) is 10.2. The minimum absolute atomic E-state index is 0.102. The Kier molecular flexibility index (Phi) is 3.07. The highest BCUT2D eigenvalue weighted by atomic mass is 16.2. The van der Waals surface area contributed by atoms with Crippen LogP contribution in [0.2, 0.25) is 0 Å². The first-order chi connectivity index (χ1) is 6.06. The van der Waals surface area contributed by atoms with Crippen LogP contribution in [0.3, 0.4) is 0 Å². The molecule has 0 spiro atoms. The van der Waals surface area contributed by atoms with Gasteiger partial charge in [0.1, 0.15) is 0 Å². The summed E-state index contributed by atoms with van der Waals surface area (Å²) < 4.78 is 0. The Bertz CT molecular complexity index is 225. The lowest BCUT2D eigenvalue weighted by Crippen LogP contribution is -2.40. The molecule has 13 heavy (non-hydrogen) atoms. The van der Waals surface area contributed by atoms with E-state index in [2.05, 4.69) is 0 Å². The van der Waals surface area contributed by atoms with Gasteiger partial charge >= 0.3 is 0 Å². The smallest absolute Gasteiger partial charge is 0.223 e. The number of ketones is 1. The van der Waals surface area contributed by atoms with Crippen LogP contribution in [0.25, 0.3) is 0 Å². The van der Waals surface area contributed by atoms with E-state index in [9.17, 15) is 9.59 Å². The first-order valence-electron chi connectivity index (χ1n) is 4.86. The van der Waals surface area contributed by atoms with E-state index in [-0.39, 0.29) is 17.7 Å². The van der Waals surface area contributed by atoms with Crippen LogP contribution in [0.1, 0.15) is 33.6 Å². The normalized spacial score (nSPS) is 25.0. The summed E-state index contributed by atoms with van der Waals surface area (Å²) in [5.74, 6) is 0.639. The zero-order valence-electron chi connectivity index (χ0n) is 8.54. The summed E-state index contributed by atoms with van der Waals surface area (Å²) in [5.41, 5.74) is 0. The minimum Gasteiger partial charge on any atom is -0.332 e. The van der Waals surface area contributed by atoms with Gasteiger partial charge < -0.3 is 4.90 Å². The van der Waals surface area contributed by atoms with Gasteiger partial charge in [-0.15, -0.1) is 0 Å². The molecular formula is C10H17NO2. The Morgan fingerprint density at radius 2 is 2.31 bits per heavy atom. The molecule has 0 aliphatic carbocycles. The Balaban J connectivity index is 2.69. The van der Waals surface area contributed by atoms with E-state index in [1.807, 2.05) is 13.8 Å². The van der Waals surface area contributed by atoms with Crippen LogP contribution in [0, 0.1) is 5.92 Å². The predicted molar refractivity (Wildman–Crippen MR) is 50.3 cm³/mol. The molecule has 2 atom stereocenters.